The van der Waals surface area contributed by atoms with Gasteiger partial charge in [-0.25, -0.2) is 4.98 Å². The normalized spacial score (nSPS) is 16.2. The smallest absolute Gasteiger partial charge is 0.137 e. The molecular formula is C15H20N4O. The van der Waals surface area contributed by atoms with Crippen LogP contribution in [0, 0.1) is 0 Å². The Morgan fingerprint density at radius 2 is 1.95 bits per heavy atom. The summed E-state index contributed by atoms with van der Waals surface area (Å²) < 4.78 is 5.17. The Balaban J connectivity index is 1.68. The number of aromatic amines is 1. The van der Waals surface area contributed by atoms with Crippen molar-refractivity contribution in [2.24, 2.45) is 0 Å². The van der Waals surface area contributed by atoms with Gasteiger partial charge in [0.1, 0.15) is 11.6 Å². The Bertz CT molecular complexity index is 543. The number of nitrogens with one attached hydrogen (secondary N) is 2. The van der Waals surface area contributed by atoms with E-state index in [1.165, 1.54) is 0 Å². The summed E-state index contributed by atoms with van der Waals surface area (Å²) in [6.07, 6.45) is 1.93. The van der Waals surface area contributed by atoms with Gasteiger partial charge in [0.05, 0.1) is 7.11 Å². The number of methoxy groups -OCH3 is 1. The van der Waals surface area contributed by atoms with Crippen LogP contribution in [-0.4, -0.2) is 48.2 Å². The average Bonchev–Trinajstić information content (AvgIpc) is 2.97. The summed E-state index contributed by atoms with van der Waals surface area (Å²) in [7, 11) is 1.67. The van der Waals surface area contributed by atoms with E-state index in [0.29, 0.717) is 0 Å². The molecule has 1 aromatic carbocycles. The van der Waals surface area contributed by atoms with E-state index in [1.807, 2.05) is 30.5 Å². The molecule has 0 aliphatic carbocycles. The number of aromatic nitrogens is 2. The molecule has 2 heterocycles. The van der Waals surface area contributed by atoms with Crippen molar-refractivity contribution < 1.29 is 4.74 Å². The number of hydrogen-bond donors (Lipinski definition) is 2. The van der Waals surface area contributed by atoms with Gasteiger partial charge in [0, 0.05) is 50.2 Å². The molecule has 2 aromatic rings. The number of imidazole rings is 1. The lowest BCUT2D eigenvalue weighted by Crippen LogP contribution is -2.42. The van der Waals surface area contributed by atoms with Crippen LogP contribution in [0.3, 0.4) is 0 Å². The maximum absolute atomic E-state index is 5.17. The first-order valence-corrected chi connectivity index (χ1v) is 6.96. The summed E-state index contributed by atoms with van der Waals surface area (Å²) in [5.74, 6) is 1.78. The van der Waals surface area contributed by atoms with Gasteiger partial charge in [-0.1, -0.05) is 0 Å². The molecule has 0 unspecified atom stereocenters. The van der Waals surface area contributed by atoms with Crippen LogP contribution in [-0.2, 0) is 6.54 Å². The number of ether oxygens (including phenoxy) is 1. The van der Waals surface area contributed by atoms with Crippen LogP contribution in [0.4, 0.5) is 0 Å². The van der Waals surface area contributed by atoms with Gasteiger partial charge in [-0.2, -0.15) is 0 Å². The molecule has 1 aromatic heterocycles. The van der Waals surface area contributed by atoms with Gasteiger partial charge < -0.3 is 15.0 Å². The zero-order valence-electron chi connectivity index (χ0n) is 11.7. The number of rotatable bonds is 4. The zero-order valence-corrected chi connectivity index (χ0v) is 11.7. The molecule has 1 aliphatic rings. The Morgan fingerprint density at radius 1 is 1.20 bits per heavy atom. The second-order valence-corrected chi connectivity index (χ2v) is 5.01. The molecule has 2 N–H and O–H groups in total. The molecule has 0 bridgehead atoms. The van der Waals surface area contributed by atoms with Gasteiger partial charge in [0.15, 0.2) is 0 Å². The van der Waals surface area contributed by atoms with E-state index in [4.69, 9.17) is 4.74 Å². The Labute approximate surface area is 119 Å². The van der Waals surface area contributed by atoms with Crippen molar-refractivity contribution in [2.75, 3.05) is 33.3 Å². The molecule has 5 nitrogen and oxygen atoms in total. The molecule has 0 radical (unpaired) electrons. The summed E-state index contributed by atoms with van der Waals surface area (Å²) in [4.78, 5) is 10.3. The van der Waals surface area contributed by atoms with Gasteiger partial charge in [-0.3, -0.25) is 4.90 Å². The first-order valence-electron chi connectivity index (χ1n) is 6.96. The summed E-state index contributed by atoms with van der Waals surface area (Å²) in [5, 5.41) is 3.36. The quantitative estimate of drug-likeness (QED) is 0.885. The summed E-state index contributed by atoms with van der Waals surface area (Å²) in [6.45, 7) is 5.26. The molecule has 0 spiro atoms. The second-order valence-electron chi connectivity index (χ2n) is 5.01. The van der Waals surface area contributed by atoms with Gasteiger partial charge in [0.2, 0.25) is 0 Å². The molecule has 0 saturated carbocycles. The van der Waals surface area contributed by atoms with Crippen LogP contribution in [0.5, 0.6) is 5.75 Å². The van der Waals surface area contributed by atoms with E-state index < -0.39 is 0 Å². The van der Waals surface area contributed by atoms with Crippen LogP contribution in [0.15, 0.2) is 30.5 Å². The highest BCUT2D eigenvalue weighted by Crippen LogP contribution is 2.20. The standard InChI is InChI=1S/C15H20N4O/c1-20-14-4-2-12(3-5-14)15-17-10-13(18-15)11-19-8-6-16-7-9-19/h2-5,10,16H,6-9,11H2,1H3,(H,17,18). The minimum Gasteiger partial charge on any atom is -0.497 e. The highest BCUT2D eigenvalue weighted by Gasteiger charge is 2.11. The van der Waals surface area contributed by atoms with Crippen molar-refractivity contribution in [1.29, 1.82) is 0 Å². The van der Waals surface area contributed by atoms with E-state index in [9.17, 15) is 0 Å². The molecule has 20 heavy (non-hydrogen) atoms. The van der Waals surface area contributed by atoms with Crippen LogP contribution in [0.2, 0.25) is 0 Å². The summed E-state index contributed by atoms with van der Waals surface area (Å²) in [5.41, 5.74) is 2.25. The molecule has 1 fully saturated rings. The number of hydrogen-bond acceptors (Lipinski definition) is 4. The Morgan fingerprint density at radius 3 is 2.65 bits per heavy atom. The van der Waals surface area contributed by atoms with Crippen LogP contribution in [0.1, 0.15) is 5.69 Å². The maximum atomic E-state index is 5.17. The number of nitrogens with zero attached hydrogens (tertiary/aromatic N) is 2. The largest absolute Gasteiger partial charge is 0.497 e. The van der Waals surface area contributed by atoms with Crippen molar-refractivity contribution in [1.82, 2.24) is 20.2 Å². The van der Waals surface area contributed by atoms with Crippen LogP contribution < -0.4 is 10.1 Å². The lowest BCUT2D eigenvalue weighted by Gasteiger charge is -2.26. The van der Waals surface area contributed by atoms with E-state index in [0.717, 1.165) is 55.6 Å². The third kappa shape index (κ3) is 3.00. The van der Waals surface area contributed by atoms with Crippen molar-refractivity contribution in [2.45, 2.75) is 6.54 Å². The van der Waals surface area contributed by atoms with Gasteiger partial charge >= 0.3 is 0 Å². The van der Waals surface area contributed by atoms with Crippen LogP contribution in [0.25, 0.3) is 11.4 Å². The first kappa shape index (κ1) is 13.1. The van der Waals surface area contributed by atoms with Crippen LogP contribution >= 0.6 is 0 Å². The first-order chi connectivity index (χ1) is 9.85. The van der Waals surface area contributed by atoms with Crippen molar-refractivity contribution in [3.63, 3.8) is 0 Å². The monoisotopic (exact) mass is 272 g/mol. The van der Waals surface area contributed by atoms with Crippen molar-refractivity contribution in [3.8, 4) is 17.1 Å². The van der Waals surface area contributed by atoms with Crippen molar-refractivity contribution >= 4 is 0 Å². The lowest BCUT2D eigenvalue weighted by atomic mass is 10.2. The van der Waals surface area contributed by atoms with E-state index in [-0.39, 0.29) is 0 Å². The molecule has 3 rings (SSSR count). The van der Waals surface area contributed by atoms with Gasteiger partial charge in [-0.15, -0.1) is 0 Å². The maximum Gasteiger partial charge on any atom is 0.137 e. The molecule has 0 amide bonds. The molecule has 1 aliphatic heterocycles. The van der Waals surface area contributed by atoms with E-state index >= 15 is 0 Å². The fourth-order valence-electron chi connectivity index (χ4n) is 2.45. The fourth-order valence-corrected chi connectivity index (χ4v) is 2.45. The number of H-pyrrole nitrogens is 1. The predicted molar refractivity (Wildman–Crippen MR) is 78.7 cm³/mol. The SMILES string of the molecule is COc1ccc(-c2ncc(CN3CCNCC3)[nH]2)cc1. The minimum absolute atomic E-state index is 0.862. The molecule has 106 valence electrons. The van der Waals surface area contributed by atoms with E-state index in [2.05, 4.69) is 20.2 Å². The molecule has 1 saturated heterocycles. The number of benzene rings is 1. The predicted octanol–water partition coefficient (Wildman–Crippen LogP) is 1.49. The molecule has 5 heteroatoms. The molecular weight excluding hydrogens is 252 g/mol. The summed E-state index contributed by atoms with van der Waals surface area (Å²) >= 11 is 0. The number of piperazine rings is 1. The fraction of sp³-hybridized carbons (Fsp3) is 0.400. The van der Waals surface area contributed by atoms with Gasteiger partial charge in [0.25, 0.3) is 0 Å². The highest BCUT2D eigenvalue weighted by molar-refractivity contribution is 5.56. The zero-order chi connectivity index (χ0) is 13.8. The average molecular weight is 272 g/mol. The third-order valence-corrected chi connectivity index (χ3v) is 3.60. The second kappa shape index (κ2) is 6.07. The topological polar surface area (TPSA) is 53.2 Å². The lowest BCUT2D eigenvalue weighted by molar-refractivity contribution is 0.231. The Kier molecular flexibility index (Phi) is 3.99. The van der Waals surface area contributed by atoms with Crippen molar-refractivity contribution in [3.05, 3.63) is 36.2 Å². The Hall–Kier alpha value is -1.85. The third-order valence-electron chi connectivity index (χ3n) is 3.60. The molecule has 0 atom stereocenters. The van der Waals surface area contributed by atoms with Gasteiger partial charge in [-0.05, 0) is 24.3 Å². The highest BCUT2D eigenvalue weighted by atomic mass is 16.5. The summed E-state index contributed by atoms with van der Waals surface area (Å²) in [6, 6.07) is 7.94. The minimum atomic E-state index is 0.862. The van der Waals surface area contributed by atoms with E-state index in [1.54, 1.807) is 7.11 Å².